The Morgan fingerprint density at radius 3 is 2.41 bits per heavy atom. The third-order valence-electron chi connectivity index (χ3n) is 5.20. The lowest BCUT2D eigenvalue weighted by Gasteiger charge is -2.34. The number of hydrogen-bond acceptors (Lipinski definition) is 5. The molecular formula is C21H28N4O3S. The molecule has 3 rings (SSSR count). The molecule has 156 valence electrons. The van der Waals surface area contributed by atoms with Gasteiger partial charge in [-0.1, -0.05) is 30.8 Å². The molecule has 2 aromatic carbocycles. The first kappa shape index (κ1) is 21.3. The number of hydrogen-bond donors (Lipinski definition) is 1. The zero-order chi connectivity index (χ0) is 21.0. The maximum absolute atomic E-state index is 13.4. The molecule has 8 heteroatoms. The second-order valence-corrected chi connectivity index (χ2v) is 9.17. The minimum atomic E-state index is -3.59. The Labute approximate surface area is 172 Å². The summed E-state index contributed by atoms with van der Waals surface area (Å²) in [5.74, 6) is -0.195. The standard InChI is InChI=1S/C21H28N4O3S/c1-4-21(26)22-11-12-24-13-15-25(16-14-24)29(27,28)20-10-6-7-17-18(20)8-5-9-19(17)23(2)3/h4-10H,1,11-16H2,2-3H3,(H,22,26). The van der Waals surface area contributed by atoms with Crippen LogP contribution in [0.3, 0.4) is 0 Å². The van der Waals surface area contributed by atoms with Crippen molar-refractivity contribution in [3.8, 4) is 0 Å². The highest BCUT2D eigenvalue weighted by Crippen LogP contribution is 2.31. The molecule has 1 amide bonds. The lowest BCUT2D eigenvalue weighted by Crippen LogP contribution is -2.50. The van der Waals surface area contributed by atoms with E-state index < -0.39 is 10.0 Å². The molecule has 2 aromatic rings. The predicted octanol–water partition coefficient (Wildman–Crippen LogP) is 1.51. The van der Waals surface area contributed by atoms with Crippen LogP contribution in [0.4, 0.5) is 5.69 Å². The molecule has 1 heterocycles. The Morgan fingerprint density at radius 2 is 1.76 bits per heavy atom. The molecular weight excluding hydrogens is 388 g/mol. The number of fused-ring (bicyclic) bond motifs is 1. The Hall–Kier alpha value is -2.42. The molecule has 1 N–H and O–H groups in total. The monoisotopic (exact) mass is 416 g/mol. The summed E-state index contributed by atoms with van der Waals surface area (Å²) in [6.45, 7) is 6.77. The van der Waals surface area contributed by atoms with E-state index in [1.165, 1.54) is 6.08 Å². The largest absolute Gasteiger partial charge is 0.377 e. The van der Waals surface area contributed by atoms with Crippen molar-refractivity contribution >= 4 is 32.4 Å². The van der Waals surface area contributed by atoms with Gasteiger partial charge in [-0.25, -0.2) is 8.42 Å². The van der Waals surface area contributed by atoms with Crippen molar-refractivity contribution < 1.29 is 13.2 Å². The van der Waals surface area contributed by atoms with E-state index in [9.17, 15) is 13.2 Å². The van der Waals surface area contributed by atoms with Gasteiger partial charge in [0.15, 0.2) is 0 Å². The van der Waals surface area contributed by atoms with Gasteiger partial charge in [-0.2, -0.15) is 4.31 Å². The Morgan fingerprint density at radius 1 is 1.10 bits per heavy atom. The number of carbonyl (C=O) groups excluding carboxylic acids is 1. The first-order valence-electron chi connectivity index (χ1n) is 9.66. The highest BCUT2D eigenvalue weighted by Gasteiger charge is 2.29. The van der Waals surface area contributed by atoms with Crippen LogP contribution < -0.4 is 10.2 Å². The summed E-state index contributed by atoms with van der Waals surface area (Å²) in [5.41, 5.74) is 0.992. The van der Waals surface area contributed by atoms with E-state index >= 15 is 0 Å². The van der Waals surface area contributed by atoms with Gasteiger partial charge in [0, 0.05) is 69.8 Å². The second kappa shape index (κ2) is 8.94. The molecule has 0 radical (unpaired) electrons. The lowest BCUT2D eigenvalue weighted by atomic mass is 10.1. The molecule has 7 nitrogen and oxygen atoms in total. The molecule has 1 saturated heterocycles. The number of sulfonamides is 1. The van der Waals surface area contributed by atoms with Crippen LogP contribution in [0.25, 0.3) is 10.8 Å². The second-order valence-electron chi connectivity index (χ2n) is 7.26. The number of piperazine rings is 1. The fraction of sp³-hybridized carbons (Fsp3) is 0.381. The molecule has 0 saturated carbocycles. The summed E-state index contributed by atoms with van der Waals surface area (Å²) in [6.07, 6.45) is 1.25. The highest BCUT2D eigenvalue weighted by molar-refractivity contribution is 7.89. The molecule has 1 fully saturated rings. The molecule has 0 aromatic heterocycles. The van der Waals surface area contributed by atoms with Gasteiger partial charge in [0.2, 0.25) is 15.9 Å². The van der Waals surface area contributed by atoms with Crippen molar-refractivity contribution in [3.05, 3.63) is 49.1 Å². The van der Waals surface area contributed by atoms with Crippen LogP contribution in [-0.4, -0.2) is 76.9 Å². The van der Waals surface area contributed by atoms with Crippen molar-refractivity contribution in [1.82, 2.24) is 14.5 Å². The van der Waals surface area contributed by atoms with Crippen LogP contribution in [-0.2, 0) is 14.8 Å². The molecule has 0 spiro atoms. The molecule has 0 bridgehead atoms. The first-order valence-corrected chi connectivity index (χ1v) is 11.1. The molecule has 0 unspecified atom stereocenters. The summed E-state index contributed by atoms with van der Waals surface area (Å²) in [6, 6.07) is 11.2. The van der Waals surface area contributed by atoms with E-state index in [-0.39, 0.29) is 5.91 Å². The summed E-state index contributed by atoms with van der Waals surface area (Å²) >= 11 is 0. The average molecular weight is 417 g/mol. The SMILES string of the molecule is C=CC(=O)NCCN1CCN(S(=O)(=O)c2cccc3c(N(C)C)cccc23)CC1. The van der Waals surface area contributed by atoms with E-state index in [0.717, 1.165) is 16.5 Å². The number of carbonyl (C=O) groups is 1. The number of benzene rings is 2. The van der Waals surface area contributed by atoms with Gasteiger partial charge in [-0.3, -0.25) is 9.69 Å². The number of anilines is 1. The zero-order valence-corrected chi connectivity index (χ0v) is 17.8. The molecule has 1 aliphatic rings. The van der Waals surface area contributed by atoms with E-state index in [1.54, 1.807) is 16.4 Å². The minimum Gasteiger partial charge on any atom is -0.377 e. The van der Waals surface area contributed by atoms with E-state index in [2.05, 4.69) is 16.8 Å². The number of rotatable bonds is 7. The van der Waals surface area contributed by atoms with Gasteiger partial charge in [0.05, 0.1) is 4.90 Å². The number of amides is 1. The van der Waals surface area contributed by atoms with Crippen molar-refractivity contribution in [1.29, 1.82) is 0 Å². The van der Waals surface area contributed by atoms with Gasteiger partial charge in [-0.15, -0.1) is 0 Å². The summed E-state index contributed by atoms with van der Waals surface area (Å²) in [4.78, 5) is 15.7. The van der Waals surface area contributed by atoms with Gasteiger partial charge < -0.3 is 10.2 Å². The number of nitrogens with zero attached hydrogens (tertiary/aromatic N) is 3. The Balaban J connectivity index is 1.75. The van der Waals surface area contributed by atoms with Crippen LogP contribution in [0.15, 0.2) is 53.9 Å². The number of nitrogens with one attached hydrogen (secondary N) is 1. The van der Waals surface area contributed by atoms with Gasteiger partial charge in [0.25, 0.3) is 0 Å². The third-order valence-corrected chi connectivity index (χ3v) is 7.16. The van der Waals surface area contributed by atoms with Gasteiger partial charge in [0.1, 0.15) is 0 Å². The van der Waals surface area contributed by atoms with Crippen molar-refractivity contribution in [3.63, 3.8) is 0 Å². The summed E-state index contributed by atoms with van der Waals surface area (Å²) < 4.78 is 28.3. The van der Waals surface area contributed by atoms with E-state index in [0.29, 0.717) is 44.2 Å². The normalized spacial score (nSPS) is 15.9. The highest BCUT2D eigenvalue weighted by atomic mass is 32.2. The zero-order valence-electron chi connectivity index (χ0n) is 17.0. The van der Waals surface area contributed by atoms with Crippen LogP contribution in [0, 0.1) is 0 Å². The Kier molecular flexibility index (Phi) is 6.56. The maximum Gasteiger partial charge on any atom is 0.243 e. The molecule has 0 atom stereocenters. The summed E-state index contributed by atoms with van der Waals surface area (Å²) in [5, 5.41) is 4.42. The molecule has 1 aliphatic heterocycles. The average Bonchev–Trinajstić information content (AvgIpc) is 2.72. The van der Waals surface area contributed by atoms with Crippen LogP contribution in [0.5, 0.6) is 0 Å². The van der Waals surface area contributed by atoms with Crippen LogP contribution in [0.2, 0.25) is 0 Å². The van der Waals surface area contributed by atoms with E-state index in [1.807, 2.05) is 43.3 Å². The first-order chi connectivity index (χ1) is 13.8. The fourth-order valence-electron chi connectivity index (χ4n) is 3.62. The fourth-order valence-corrected chi connectivity index (χ4v) is 5.25. The van der Waals surface area contributed by atoms with Crippen LogP contribution in [0.1, 0.15) is 0 Å². The van der Waals surface area contributed by atoms with E-state index in [4.69, 9.17) is 0 Å². The van der Waals surface area contributed by atoms with Crippen molar-refractivity contribution in [2.45, 2.75) is 4.90 Å². The quantitative estimate of drug-likeness (QED) is 0.693. The Bertz CT molecular complexity index is 996. The van der Waals surface area contributed by atoms with Gasteiger partial charge in [-0.05, 0) is 18.2 Å². The summed E-state index contributed by atoms with van der Waals surface area (Å²) in [7, 11) is 0.315. The van der Waals surface area contributed by atoms with Crippen LogP contribution >= 0.6 is 0 Å². The smallest absolute Gasteiger partial charge is 0.243 e. The predicted molar refractivity (Wildman–Crippen MR) is 117 cm³/mol. The van der Waals surface area contributed by atoms with Crippen molar-refractivity contribution in [2.75, 3.05) is 58.3 Å². The topological polar surface area (TPSA) is 73.0 Å². The minimum absolute atomic E-state index is 0.195. The van der Waals surface area contributed by atoms with Gasteiger partial charge >= 0.3 is 0 Å². The lowest BCUT2D eigenvalue weighted by molar-refractivity contribution is -0.116. The molecule has 29 heavy (non-hydrogen) atoms. The third kappa shape index (κ3) is 4.60. The molecule has 0 aliphatic carbocycles. The van der Waals surface area contributed by atoms with Crippen molar-refractivity contribution in [2.24, 2.45) is 0 Å². The maximum atomic E-state index is 13.4.